The molecule has 0 aliphatic carbocycles. The van der Waals surface area contributed by atoms with Gasteiger partial charge in [0.2, 0.25) is 0 Å². The standard InChI is InChI=1S/C61H112O11/c1-24-31(8)33(10)52-34(11)32(9)29-61(23,71-52)72-54-44(21)59(68-53-40(17)39(16)50(30(6)7)63-48(53)27-4)66-49(28-5)56(54)70-58-43(20)51(42(19)47(26-3)64-58)67-60-55(38(15)37(14)46(25-2)65-60)69-57-41(18)35(12)36(13)45(22)62-57/h30-60H,24-29H2,1-23H3/t31-,32+,33-,34-,35-,36-,37-,38+,39?,40-,41?,42+,43?,44?,45?,46?,47?,48?,49?,50?,51+,52?,53-,54-,55?,56+,57+,58+,59+,60+,61-/m1/s1. The predicted octanol–water partition coefficient (Wildman–Crippen LogP) is 13.7. The fourth-order valence-corrected chi connectivity index (χ4v) is 14.2. The Labute approximate surface area is 441 Å². The van der Waals surface area contributed by atoms with E-state index in [9.17, 15) is 0 Å². The van der Waals surface area contributed by atoms with Crippen LogP contribution < -0.4 is 0 Å². The smallest absolute Gasteiger partial charge is 0.184 e. The third-order valence-electron chi connectivity index (χ3n) is 20.9. The highest BCUT2D eigenvalue weighted by molar-refractivity contribution is 4.98. The minimum absolute atomic E-state index is 0.0371. The van der Waals surface area contributed by atoms with Gasteiger partial charge in [0.25, 0.3) is 0 Å². The van der Waals surface area contributed by atoms with E-state index in [2.05, 4.69) is 159 Å². The van der Waals surface area contributed by atoms with Crippen molar-refractivity contribution in [1.29, 1.82) is 0 Å². The molecule has 6 fully saturated rings. The van der Waals surface area contributed by atoms with Gasteiger partial charge in [-0.05, 0) is 105 Å². The van der Waals surface area contributed by atoms with Crippen molar-refractivity contribution >= 4 is 0 Å². The van der Waals surface area contributed by atoms with Gasteiger partial charge in [-0.3, -0.25) is 0 Å². The zero-order valence-corrected chi connectivity index (χ0v) is 50.1. The van der Waals surface area contributed by atoms with Crippen LogP contribution in [0.4, 0.5) is 0 Å². The first kappa shape index (κ1) is 60.8. The first-order chi connectivity index (χ1) is 33.9. The van der Waals surface area contributed by atoms with E-state index >= 15 is 0 Å². The summed E-state index contributed by atoms with van der Waals surface area (Å²) < 4.78 is 79.3. The molecule has 0 bridgehead atoms. The quantitative estimate of drug-likeness (QED) is 0.131. The molecule has 6 rings (SSSR count). The van der Waals surface area contributed by atoms with Crippen molar-refractivity contribution in [3.05, 3.63) is 0 Å². The summed E-state index contributed by atoms with van der Waals surface area (Å²) in [7, 11) is 0. The molecule has 11 nitrogen and oxygen atoms in total. The molecule has 422 valence electrons. The highest BCUT2D eigenvalue weighted by Crippen LogP contribution is 2.48. The highest BCUT2D eigenvalue weighted by Gasteiger charge is 2.56. The summed E-state index contributed by atoms with van der Waals surface area (Å²) in [5, 5.41) is 0. The van der Waals surface area contributed by atoms with Crippen LogP contribution in [0.1, 0.15) is 198 Å². The first-order valence-corrected chi connectivity index (χ1v) is 30.1. The van der Waals surface area contributed by atoms with Crippen LogP contribution in [0.5, 0.6) is 0 Å². The molecule has 6 aliphatic heterocycles. The fraction of sp³-hybridized carbons (Fsp3) is 1.00. The first-order valence-electron chi connectivity index (χ1n) is 30.1. The third kappa shape index (κ3) is 12.7. The summed E-state index contributed by atoms with van der Waals surface area (Å²) in [4.78, 5) is 0. The van der Waals surface area contributed by atoms with Gasteiger partial charge in [-0.15, -0.1) is 0 Å². The molecule has 31 atom stereocenters. The van der Waals surface area contributed by atoms with E-state index in [4.69, 9.17) is 52.1 Å². The number of hydrogen-bond donors (Lipinski definition) is 0. The lowest BCUT2D eigenvalue weighted by Gasteiger charge is -2.55. The van der Waals surface area contributed by atoms with E-state index < -0.39 is 36.9 Å². The zero-order chi connectivity index (χ0) is 53.4. The summed E-state index contributed by atoms with van der Waals surface area (Å²) in [5.74, 6) is 3.14. The van der Waals surface area contributed by atoms with E-state index in [0.717, 1.165) is 32.1 Å². The van der Waals surface area contributed by atoms with E-state index in [1.54, 1.807) is 0 Å². The molecule has 6 saturated heterocycles. The second-order valence-corrected chi connectivity index (χ2v) is 25.9. The maximum Gasteiger partial charge on any atom is 0.184 e. The van der Waals surface area contributed by atoms with Gasteiger partial charge in [0.15, 0.2) is 30.9 Å². The van der Waals surface area contributed by atoms with Crippen LogP contribution in [0.15, 0.2) is 0 Å². The molecule has 0 radical (unpaired) electrons. The van der Waals surface area contributed by atoms with Crippen LogP contribution in [-0.2, 0) is 52.1 Å². The Morgan fingerprint density at radius 3 is 1.49 bits per heavy atom. The molecular formula is C61H112O11. The van der Waals surface area contributed by atoms with Crippen molar-refractivity contribution in [3.63, 3.8) is 0 Å². The zero-order valence-electron chi connectivity index (χ0n) is 50.1. The molecule has 0 amide bonds. The normalized spacial score (nSPS) is 51.5. The van der Waals surface area contributed by atoms with Gasteiger partial charge in [-0.2, -0.15) is 0 Å². The summed E-state index contributed by atoms with van der Waals surface area (Å²) in [6.45, 7) is 52.3. The highest BCUT2D eigenvalue weighted by atomic mass is 16.8. The van der Waals surface area contributed by atoms with E-state index in [1.807, 2.05) is 0 Å². The Morgan fingerprint density at radius 1 is 0.417 bits per heavy atom. The van der Waals surface area contributed by atoms with Crippen LogP contribution in [0.25, 0.3) is 0 Å². The molecular weight excluding hydrogens is 909 g/mol. The molecule has 11 heteroatoms. The maximum atomic E-state index is 7.65. The Bertz CT molecular complexity index is 1630. The third-order valence-corrected chi connectivity index (χ3v) is 20.9. The fourth-order valence-electron chi connectivity index (χ4n) is 14.2. The Morgan fingerprint density at radius 2 is 0.903 bits per heavy atom. The van der Waals surface area contributed by atoms with E-state index in [1.165, 1.54) is 0 Å². The molecule has 6 aliphatic rings. The van der Waals surface area contributed by atoms with Gasteiger partial charge in [0.1, 0.15) is 12.2 Å². The Balaban J connectivity index is 1.33. The average Bonchev–Trinajstić information content (AvgIpc) is 3.35. The molecule has 72 heavy (non-hydrogen) atoms. The molecule has 0 N–H and O–H groups in total. The summed E-state index contributed by atoms with van der Waals surface area (Å²) in [6.07, 6.45) is 1.34. The second kappa shape index (κ2) is 25.6. The lowest BCUT2D eigenvalue weighted by atomic mass is 9.74. The lowest BCUT2D eigenvalue weighted by molar-refractivity contribution is -0.395. The molecule has 0 saturated carbocycles. The predicted molar refractivity (Wildman–Crippen MR) is 286 cm³/mol. The van der Waals surface area contributed by atoms with Crippen molar-refractivity contribution in [3.8, 4) is 0 Å². The minimum atomic E-state index is -0.861. The Hall–Kier alpha value is -0.440. The topological polar surface area (TPSA) is 102 Å². The van der Waals surface area contributed by atoms with Crippen molar-refractivity contribution < 1.29 is 52.1 Å². The molecule has 0 aromatic heterocycles. The van der Waals surface area contributed by atoms with Gasteiger partial charge in [-0.1, -0.05) is 152 Å². The number of rotatable bonds is 18. The number of hydrogen-bond acceptors (Lipinski definition) is 11. The summed E-state index contributed by atoms with van der Waals surface area (Å²) >= 11 is 0. The molecule has 0 spiro atoms. The maximum absolute atomic E-state index is 7.65. The summed E-state index contributed by atoms with van der Waals surface area (Å²) in [6, 6.07) is 0. The summed E-state index contributed by atoms with van der Waals surface area (Å²) in [5.41, 5.74) is 0. The number of ether oxygens (including phenoxy) is 11. The van der Waals surface area contributed by atoms with E-state index in [-0.39, 0.29) is 109 Å². The molecule has 12 unspecified atom stereocenters. The minimum Gasteiger partial charge on any atom is -0.372 e. The molecule has 0 aromatic rings. The van der Waals surface area contributed by atoms with Gasteiger partial charge >= 0.3 is 0 Å². The van der Waals surface area contributed by atoms with Gasteiger partial charge < -0.3 is 52.1 Å². The average molecular weight is 1020 g/mol. The van der Waals surface area contributed by atoms with Crippen LogP contribution in [-0.4, -0.2) is 104 Å². The van der Waals surface area contributed by atoms with Gasteiger partial charge in [-0.25, -0.2) is 0 Å². The Kier molecular flexibility index (Phi) is 21.6. The van der Waals surface area contributed by atoms with Crippen molar-refractivity contribution in [2.75, 3.05) is 0 Å². The van der Waals surface area contributed by atoms with Crippen LogP contribution in [0, 0.1) is 88.8 Å². The lowest BCUT2D eigenvalue weighted by Crippen LogP contribution is -2.64. The molecule has 6 heterocycles. The second-order valence-electron chi connectivity index (χ2n) is 25.9. The van der Waals surface area contributed by atoms with Crippen LogP contribution in [0.3, 0.4) is 0 Å². The SMILES string of the molecule is CCC1O[C@@H](O[C@@H]2C(C)[C@H](O[C@H]3C(CC)O[C@@H](O[C@H]4C(CC)OC(C(C)C)C(C)[C@H]4C)C(C)[C@H]3O[C@]3(C)C[C@H](C)[C@@H](C)C([C@H](C)[C@H](C)CC)O3)OC(CC)[C@@H]2C)C(O[C@@H]2OC(C)[C@H](C)[C@@H](C)C2C)[C@@H](C)[C@H]1C. The van der Waals surface area contributed by atoms with Crippen molar-refractivity contribution in [2.24, 2.45) is 88.8 Å². The van der Waals surface area contributed by atoms with Crippen molar-refractivity contribution in [2.45, 2.75) is 302 Å². The largest absolute Gasteiger partial charge is 0.372 e. The monoisotopic (exact) mass is 1020 g/mol. The molecule has 0 aromatic carbocycles. The van der Waals surface area contributed by atoms with Crippen molar-refractivity contribution in [1.82, 2.24) is 0 Å². The van der Waals surface area contributed by atoms with E-state index in [0.29, 0.717) is 53.8 Å². The van der Waals surface area contributed by atoms with Gasteiger partial charge in [0.05, 0.1) is 61.0 Å². The van der Waals surface area contributed by atoms with Crippen LogP contribution >= 0.6 is 0 Å². The van der Waals surface area contributed by atoms with Gasteiger partial charge in [0, 0.05) is 30.1 Å². The van der Waals surface area contributed by atoms with Crippen LogP contribution in [0.2, 0.25) is 0 Å².